The summed E-state index contributed by atoms with van der Waals surface area (Å²) < 4.78 is 23.3. The third kappa shape index (κ3) is 5.32. The average Bonchev–Trinajstić information content (AvgIpc) is 2.40. The van der Waals surface area contributed by atoms with Crippen molar-refractivity contribution in [3.63, 3.8) is 0 Å². The predicted molar refractivity (Wildman–Crippen MR) is 76.6 cm³/mol. The fourth-order valence-corrected chi connectivity index (χ4v) is 1.94. The lowest BCUT2D eigenvalue weighted by Gasteiger charge is -2.31. The van der Waals surface area contributed by atoms with Gasteiger partial charge in [0.15, 0.2) is 5.60 Å². The zero-order chi connectivity index (χ0) is 16.0. The zero-order valence-electron chi connectivity index (χ0n) is 12.8. The van der Waals surface area contributed by atoms with E-state index in [1.165, 1.54) is 36.3 Å². The molecule has 0 bridgehead atoms. The molecule has 0 aliphatic rings. The molecule has 0 heterocycles. The smallest absolute Gasteiger partial charge is 0.266 e. The minimum Gasteiger partial charge on any atom is -0.478 e. The Balaban J connectivity index is 2.67. The van der Waals surface area contributed by atoms with Crippen LogP contribution in [-0.4, -0.2) is 54.9 Å². The second-order valence-corrected chi connectivity index (χ2v) is 5.36. The Morgan fingerprint density at radius 2 is 1.95 bits per heavy atom. The number of amides is 1. The van der Waals surface area contributed by atoms with Gasteiger partial charge in [0.2, 0.25) is 0 Å². The molecule has 0 fully saturated rings. The molecular formula is C15H22FNO4. The van der Waals surface area contributed by atoms with E-state index in [1.54, 1.807) is 20.9 Å². The Morgan fingerprint density at radius 1 is 1.38 bits per heavy atom. The van der Waals surface area contributed by atoms with Crippen molar-refractivity contribution < 1.29 is 23.8 Å². The molecule has 0 saturated carbocycles. The Bertz CT molecular complexity index is 461. The molecule has 21 heavy (non-hydrogen) atoms. The number of aliphatic hydroxyl groups excluding tert-OH is 1. The van der Waals surface area contributed by atoms with Gasteiger partial charge in [-0.15, -0.1) is 0 Å². The summed E-state index contributed by atoms with van der Waals surface area (Å²) in [6, 6.07) is 5.46. The molecule has 5 nitrogen and oxygen atoms in total. The standard InChI is InChI=1S/C15H22FNO4/c1-15(2,21-13-7-5-11(16)6-8-13)14(19)17(3)9-12(18)10-20-4/h5-8,12,18H,9-10H2,1-4H3. The number of rotatable bonds is 7. The van der Waals surface area contributed by atoms with Crippen LogP contribution < -0.4 is 4.74 Å². The summed E-state index contributed by atoms with van der Waals surface area (Å²) in [5, 5.41) is 9.65. The molecule has 0 spiro atoms. The van der Waals surface area contributed by atoms with E-state index in [0.29, 0.717) is 5.75 Å². The normalized spacial score (nSPS) is 12.9. The van der Waals surface area contributed by atoms with Gasteiger partial charge < -0.3 is 19.5 Å². The van der Waals surface area contributed by atoms with Crippen LogP contribution >= 0.6 is 0 Å². The monoisotopic (exact) mass is 299 g/mol. The SMILES string of the molecule is COCC(O)CN(C)C(=O)C(C)(C)Oc1ccc(F)cc1. The lowest BCUT2D eigenvalue weighted by molar-refractivity contribution is -0.145. The fourth-order valence-electron chi connectivity index (χ4n) is 1.94. The number of likely N-dealkylation sites (N-methyl/N-ethyl adjacent to an activating group) is 1. The fraction of sp³-hybridized carbons (Fsp3) is 0.533. The first-order valence-corrected chi connectivity index (χ1v) is 6.63. The van der Waals surface area contributed by atoms with Crippen LogP contribution in [0.3, 0.4) is 0 Å². The molecule has 0 aliphatic carbocycles. The van der Waals surface area contributed by atoms with Gasteiger partial charge in [0.1, 0.15) is 11.6 Å². The molecule has 1 unspecified atom stereocenters. The number of ether oxygens (including phenoxy) is 2. The Morgan fingerprint density at radius 3 is 2.48 bits per heavy atom. The third-order valence-electron chi connectivity index (χ3n) is 2.89. The summed E-state index contributed by atoms with van der Waals surface area (Å²) in [4.78, 5) is 13.7. The van der Waals surface area contributed by atoms with Crippen LogP contribution in [0.4, 0.5) is 4.39 Å². The van der Waals surface area contributed by atoms with E-state index in [0.717, 1.165) is 0 Å². The second-order valence-electron chi connectivity index (χ2n) is 5.36. The highest BCUT2D eigenvalue weighted by Gasteiger charge is 2.33. The van der Waals surface area contributed by atoms with Crippen molar-refractivity contribution in [3.05, 3.63) is 30.1 Å². The molecular weight excluding hydrogens is 277 g/mol. The van der Waals surface area contributed by atoms with Crippen molar-refractivity contribution in [2.45, 2.75) is 25.6 Å². The quantitative estimate of drug-likeness (QED) is 0.828. The second kappa shape index (κ2) is 7.38. The Kier molecular flexibility index (Phi) is 6.11. The molecule has 1 atom stereocenters. The third-order valence-corrected chi connectivity index (χ3v) is 2.89. The summed E-state index contributed by atoms with van der Waals surface area (Å²) in [5.41, 5.74) is -1.13. The van der Waals surface area contributed by atoms with Crippen LogP contribution in [0.2, 0.25) is 0 Å². The summed E-state index contributed by atoms with van der Waals surface area (Å²) in [7, 11) is 3.06. The number of methoxy groups -OCH3 is 1. The summed E-state index contributed by atoms with van der Waals surface area (Å²) in [6.07, 6.45) is -0.759. The van der Waals surface area contributed by atoms with Crippen LogP contribution in [0, 0.1) is 5.82 Å². The highest BCUT2D eigenvalue weighted by molar-refractivity contribution is 5.84. The first-order valence-electron chi connectivity index (χ1n) is 6.63. The van der Waals surface area contributed by atoms with Crippen LogP contribution in [0.25, 0.3) is 0 Å². The summed E-state index contributed by atoms with van der Waals surface area (Å²) in [5.74, 6) is -0.256. The maximum Gasteiger partial charge on any atom is 0.266 e. The van der Waals surface area contributed by atoms with E-state index >= 15 is 0 Å². The molecule has 6 heteroatoms. The van der Waals surface area contributed by atoms with E-state index in [4.69, 9.17) is 9.47 Å². The summed E-state index contributed by atoms with van der Waals surface area (Å²) in [6.45, 7) is 3.54. The molecule has 1 N–H and O–H groups in total. The Labute approximate surface area is 124 Å². The number of carbonyl (C=O) groups excluding carboxylic acids is 1. The molecule has 1 amide bonds. The highest BCUT2D eigenvalue weighted by atomic mass is 19.1. The van der Waals surface area contributed by atoms with E-state index in [2.05, 4.69) is 0 Å². The molecule has 1 aromatic carbocycles. The number of aliphatic hydroxyl groups is 1. The molecule has 1 rings (SSSR count). The highest BCUT2D eigenvalue weighted by Crippen LogP contribution is 2.20. The first kappa shape index (κ1) is 17.4. The van der Waals surface area contributed by atoms with Gasteiger partial charge in [-0.1, -0.05) is 0 Å². The van der Waals surface area contributed by atoms with E-state index in [1.807, 2.05) is 0 Å². The van der Waals surface area contributed by atoms with Crippen molar-refractivity contribution in [2.24, 2.45) is 0 Å². The lowest BCUT2D eigenvalue weighted by atomic mass is 10.1. The number of halogens is 1. The predicted octanol–water partition coefficient (Wildman–Crippen LogP) is 1.45. The van der Waals surface area contributed by atoms with Crippen molar-refractivity contribution in [2.75, 3.05) is 27.3 Å². The van der Waals surface area contributed by atoms with Gasteiger partial charge in [0, 0.05) is 20.7 Å². The van der Waals surface area contributed by atoms with Crippen LogP contribution in [0.1, 0.15) is 13.8 Å². The molecule has 0 saturated heterocycles. The molecule has 118 valence electrons. The Hall–Kier alpha value is -1.66. The van der Waals surface area contributed by atoms with Gasteiger partial charge in [0.05, 0.1) is 12.7 Å². The van der Waals surface area contributed by atoms with Crippen LogP contribution in [0.15, 0.2) is 24.3 Å². The van der Waals surface area contributed by atoms with Gasteiger partial charge in [0.25, 0.3) is 5.91 Å². The molecule has 0 radical (unpaired) electrons. The number of nitrogens with zero attached hydrogens (tertiary/aromatic N) is 1. The van der Waals surface area contributed by atoms with Crippen LogP contribution in [0.5, 0.6) is 5.75 Å². The zero-order valence-corrected chi connectivity index (χ0v) is 12.8. The maximum atomic E-state index is 12.9. The minimum absolute atomic E-state index is 0.142. The average molecular weight is 299 g/mol. The number of carbonyl (C=O) groups is 1. The topological polar surface area (TPSA) is 59.0 Å². The molecule has 1 aromatic rings. The molecule has 0 aromatic heterocycles. The van der Waals surface area contributed by atoms with E-state index in [-0.39, 0.29) is 24.9 Å². The van der Waals surface area contributed by atoms with Gasteiger partial charge in [-0.3, -0.25) is 4.79 Å². The lowest BCUT2D eigenvalue weighted by Crippen LogP contribution is -2.49. The summed E-state index contributed by atoms with van der Waals surface area (Å²) >= 11 is 0. The van der Waals surface area contributed by atoms with Crippen molar-refractivity contribution in [1.29, 1.82) is 0 Å². The van der Waals surface area contributed by atoms with Gasteiger partial charge >= 0.3 is 0 Å². The molecule has 0 aliphatic heterocycles. The first-order chi connectivity index (χ1) is 9.76. The van der Waals surface area contributed by atoms with Gasteiger partial charge in [-0.05, 0) is 38.1 Å². The van der Waals surface area contributed by atoms with E-state index in [9.17, 15) is 14.3 Å². The van der Waals surface area contributed by atoms with Gasteiger partial charge in [-0.2, -0.15) is 0 Å². The van der Waals surface area contributed by atoms with Gasteiger partial charge in [-0.25, -0.2) is 4.39 Å². The largest absolute Gasteiger partial charge is 0.478 e. The van der Waals surface area contributed by atoms with Crippen molar-refractivity contribution in [3.8, 4) is 5.75 Å². The van der Waals surface area contributed by atoms with Crippen LogP contribution in [-0.2, 0) is 9.53 Å². The van der Waals surface area contributed by atoms with Crippen molar-refractivity contribution >= 4 is 5.91 Å². The van der Waals surface area contributed by atoms with E-state index < -0.39 is 11.7 Å². The van der Waals surface area contributed by atoms with Crippen molar-refractivity contribution in [1.82, 2.24) is 4.90 Å². The maximum absolute atomic E-state index is 12.9. The number of benzene rings is 1. The minimum atomic E-state index is -1.13. The number of hydrogen-bond donors (Lipinski definition) is 1. The number of hydrogen-bond acceptors (Lipinski definition) is 4.